The van der Waals surface area contributed by atoms with Crippen LogP contribution in [0.1, 0.15) is 41.6 Å². The minimum absolute atomic E-state index is 0.0503. The van der Waals surface area contributed by atoms with Gasteiger partial charge in [-0.05, 0) is 88.8 Å². The SMILES string of the molecule is Cc1noc(NS(=O)(=O)c2sccc2C/C=C/c2cc3c(cc2COC2CCCCO2)OCO3)c1Br. The lowest BCUT2D eigenvalue weighted by molar-refractivity contribution is -0.168. The van der Waals surface area contributed by atoms with Crippen molar-refractivity contribution >= 4 is 49.3 Å². The van der Waals surface area contributed by atoms with E-state index in [4.69, 9.17) is 23.5 Å². The molecule has 1 saturated heterocycles. The van der Waals surface area contributed by atoms with Crippen LogP contribution >= 0.6 is 27.3 Å². The van der Waals surface area contributed by atoms with E-state index in [0.717, 1.165) is 41.7 Å². The summed E-state index contributed by atoms with van der Waals surface area (Å²) < 4.78 is 57.0. The second kappa shape index (κ2) is 10.9. The summed E-state index contributed by atoms with van der Waals surface area (Å²) in [6, 6.07) is 5.64. The van der Waals surface area contributed by atoms with Crippen LogP contribution in [0.25, 0.3) is 6.08 Å². The van der Waals surface area contributed by atoms with Crippen molar-refractivity contribution in [2.75, 3.05) is 18.1 Å². The quantitative estimate of drug-likeness (QED) is 0.338. The number of aromatic nitrogens is 1. The molecule has 2 aliphatic heterocycles. The van der Waals surface area contributed by atoms with Gasteiger partial charge in [-0.2, -0.15) is 0 Å². The maximum Gasteiger partial charge on any atom is 0.274 e. The molecule has 1 unspecified atom stereocenters. The number of sulfonamides is 1. The van der Waals surface area contributed by atoms with Crippen molar-refractivity contribution in [2.24, 2.45) is 0 Å². The van der Waals surface area contributed by atoms with E-state index in [0.29, 0.717) is 46.9 Å². The summed E-state index contributed by atoms with van der Waals surface area (Å²) in [5.41, 5.74) is 3.08. The summed E-state index contributed by atoms with van der Waals surface area (Å²) in [4.78, 5) is 0. The molecule has 36 heavy (non-hydrogen) atoms. The molecular formula is C24H25BrN2O7S2. The first kappa shape index (κ1) is 25.3. The number of fused-ring (bicyclic) bond motifs is 1. The molecule has 2 aromatic heterocycles. The molecule has 4 heterocycles. The predicted octanol–water partition coefficient (Wildman–Crippen LogP) is 5.64. The average molecular weight is 598 g/mol. The van der Waals surface area contributed by atoms with Crippen molar-refractivity contribution in [2.45, 2.75) is 49.7 Å². The molecule has 1 atom stereocenters. The largest absolute Gasteiger partial charge is 0.454 e. The highest BCUT2D eigenvalue weighted by atomic mass is 79.9. The Labute approximate surface area is 221 Å². The molecule has 0 aliphatic carbocycles. The normalized spacial score (nSPS) is 17.7. The van der Waals surface area contributed by atoms with Gasteiger partial charge in [0, 0.05) is 6.61 Å². The van der Waals surface area contributed by atoms with Gasteiger partial charge in [0.05, 0.1) is 12.3 Å². The molecule has 1 N–H and O–H groups in total. The third-order valence-electron chi connectivity index (χ3n) is 5.80. The van der Waals surface area contributed by atoms with Crippen LogP contribution in [0.4, 0.5) is 5.88 Å². The fourth-order valence-electron chi connectivity index (χ4n) is 3.92. The molecule has 1 aromatic carbocycles. The number of rotatable bonds is 9. The highest BCUT2D eigenvalue weighted by Crippen LogP contribution is 2.36. The molecule has 0 bridgehead atoms. The van der Waals surface area contributed by atoms with E-state index in [1.54, 1.807) is 18.4 Å². The predicted molar refractivity (Wildman–Crippen MR) is 138 cm³/mol. The molecular weight excluding hydrogens is 572 g/mol. The molecule has 9 nitrogen and oxygen atoms in total. The zero-order valence-corrected chi connectivity index (χ0v) is 22.7. The van der Waals surface area contributed by atoms with Crippen molar-refractivity contribution in [1.29, 1.82) is 0 Å². The summed E-state index contributed by atoms with van der Waals surface area (Å²) in [5.74, 6) is 1.40. The van der Waals surface area contributed by atoms with E-state index >= 15 is 0 Å². The van der Waals surface area contributed by atoms with Gasteiger partial charge in [-0.25, -0.2) is 13.1 Å². The van der Waals surface area contributed by atoms with Crippen molar-refractivity contribution in [3.05, 3.63) is 56.5 Å². The summed E-state index contributed by atoms with van der Waals surface area (Å²) in [6.07, 6.45) is 7.10. The van der Waals surface area contributed by atoms with Gasteiger partial charge in [-0.1, -0.05) is 17.3 Å². The van der Waals surface area contributed by atoms with Crippen LogP contribution in [0.5, 0.6) is 11.5 Å². The Morgan fingerprint density at radius 1 is 1.25 bits per heavy atom. The highest BCUT2D eigenvalue weighted by molar-refractivity contribution is 9.10. The van der Waals surface area contributed by atoms with Crippen LogP contribution in [-0.4, -0.2) is 33.3 Å². The molecule has 0 radical (unpaired) electrons. The van der Waals surface area contributed by atoms with Crippen LogP contribution in [0.3, 0.4) is 0 Å². The molecule has 3 aromatic rings. The molecule has 5 rings (SSSR count). The Balaban J connectivity index is 1.32. The van der Waals surface area contributed by atoms with Gasteiger partial charge >= 0.3 is 0 Å². The highest BCUT2D eigenvalue weighted by Gasteiger charge is 2.24. The van der Waals surface area contributed by atoms with Crippen LogP contribution in [0.15, 0.2) is 42.9 Å². The lowest BCUT2D eigenvalue weighted by Gasteiger charge is -2.23. The first-order valence-electron chi connectivity index (χ1n) is 11.4. The monoisotopic (exact) mass is 596 g/mol. The number of hydrogen-bond acceptors (Lipinski definition) is 9. The van der Waals surface area contributed by atoms with Crippen LogP contribution < -0.4 is 14.2 Å². The first-order chi connectivity index (χ1) is 17.4. The standard InChI is InChI=1S/C24H25BrN2O7S2/c1-15-22(25)23(34-26-15)27-36(28,29)24-16(8-10-35-24)5-4-6-17-11-19-20(33-14-32-19)12-18(17)13-31-21-7-2-3-9-30-21/h4,6,8,10-12,21,27H,2-3,5,7,9,13-14H2,1H3/b6-4+. The molecule has 192 valence electrons. The number of thiophene rings is 1. The number of ether oxygens (including phenoxy) is 4. The minimum Gasteiger partial charge on any atom is -0.454 e. The lowest BCUT2D eigenvalue weighted by Crippen LogP contribution is -2.22. The summed E-state index contributed by atoms with van der Waals surface area (Å²) in [6.45, 7) is 2.98. The van der Waals surface area contributed by atoms with Crippen molar-refractivity contribution < 1.29 is 31.9 Å². The van der Waals surface area contributed by atoms with Gasteiger partial charge in [0.15, 0.2) is 17.8 Å². The zero-order chi connectivity index (χ0) is 25.1. The second-order valence-electron chi connectivity index (χ2n) is 8.37. The van der Waals surface area contributed by atoms with Gasteiger partial charge in [0.2, 0.25) is 6.79 Å². The Bertz CT molecular complexity index is 1360. The van der Waals surface area contributed by atoms with Crippen LogP contribution in [0.2, 0.25) is 0 Å². The van der Waals surface area contributed by atoms with Gasteiger partial charge < -0.3 is 23.5 Å². The lowest BCUT2D eigenvalue weighted by atomic mass is 10.1. The first-order valence-corrected chi connectivity index (χ1v) is 14.6. The summed E-state index contributed by atoms with van der Waals surface area (Å²) >= 11 is 4.44. The number of nitrogens with one attached hydrogen (secondary N) is 1. The molecule has 2 aliphatic rings. The molecule has 12 heteroatoms. The van der Waals surface area contributed by atoms with E-state index in [9.17, 15) is 8.42 Å². The zero-order valence-electron chi connectivity index (χ0n) is 19.5. The third-order valence-corrected chi connectivity index (χ3v) is 9.63. The maximum atomic E-state index is 13.0. The topological polar surface area (TPSA) is 109 Å². The van der Waals surface area contributed by atoms with Crippen LogP contribution in [0, 0.1) is 6.92 Å². The third kappa shape index (κ3) is 5.62. The fourth-order valence-corrected chi connectivity index (χ4v) is 6.72. The molecule has 0 spiro atoms. The maximum absolute atomic E-state index is 13.0. The minimum atomic E-state index is -3.84. The van der Waals surface area contributed by atoms with Gasteiger partial charge in [0.1, 0.15) is 8.68 Å². The number of benzene rings is 1. The number of anilines is 1. The Hall–Kier alpha value is -2.38. The molecule has 0 amide bonds. The fraction of sp³-hybridized carbons (Fsp3) is 0.375. The number of nitrogens with zero attached hydrogens (tertiary/aromatic N) is 1. The van der Waals surface area contributed by atoms with E-state index in [2.05, 4.69) is 25.8 Å². The number of hydrogen-bond donors (Lipinski definition) is 1. The van der Waals surface area contributed by atoms with Gasteiger partial charge in [-0.3, -0.25) is 0 Å². The second-order valence-corrected chi connectivity index (χ2v) is 12.0. The van der Waals surface area contributed by atoms with Crippen molar-refractivity contribution in [1.82, 2.24) is 5.16 Å². The Kier molecular flexibility index (Phi) is 7.68. The summed E-state index contributed by atoms with van der Waals surface area (Å²) in [5, 5.41) is 5.52. The number of aryl methyl sites for hydroxylation is 1. The smallest absolute Gasteiger partial charge is 0.274 e. The summed E-state index contributed by atoms with van der Waals surface area (Å²) in [7, 11) is -3.84. The van der Waals surface area contributed by atoms with E-state index in [1.807, 2.05) is 24.3 Å². The van der Waals surface area contributed by atoms with E-state index in [-0.39, 0.29) is 23.2 Å². The molecule has 1 fully saturated rings. The number of halogens is 1. The number of allylic oxidation sites excluding steroid dienone is 1. The van der Waals surface area contributed by atoms with Crippen LogP contribution in [-0.2, 0) is 32.5 Å². The Morgan fingerprint density at radius 3 is 2.83 bits per heavy atom. The van der Waals surface area contributed by atoms with E-state index < -0.39 is 10.0 Å². The van der Waals surface area contributed by atoms with Crippen molar-refractivity contribution in [3.63, 3.8) is 0 Å². The average Bonchev–Trinajstić information content (AvgIpc) is 3.60. The van der Waals surface area contributed by atoms with Crippen molar-refractivity contribution in [3.8, 4) is 11.5 Å². The Morgan fingerprint density at radius 2 is 2.08 bits per heavy atom. The van der Waals surface area contributed by atoms with Gasteiger partial charge in [0.25, 0.3) is 15.9 Å². The molecule has 0 saturated carbocycles. The van der Waals surface area contributed by atoms with E-state index in [1.165, 1.54) is 0 Å². The van der Waals surface area contributed by atoms with Gasteiger partial charge in [-0.15, -0.1) is 11.3 Å².